The Morgan fingerprint density at radius 3 is 2.17 bits per heavy atom. The van der Waals surface area contributed by atoms with Gasteiger partial charge in [-0.1, -0.05) is 20.8 Å². The van der Waals surface area contributed by atoms with Crippen LogP contribution in [0, 0.1) is 5.41 Å². The van der Waals surface area contributed by atoms with Gasteiger partial charge in [0.05, 0.1) is 25.2 Å². The standard InChI is InChI=1S/C17H34N2O4/c1-16(2,3)8-11-23-17(4,5)13-15(21)19-9-12-22-10-7-14(20)18-6/h7-13H2,1-6H3,(H,18,20)(H,19,21). The van der Waals surface area contributed by atoms with Crippen LogP contribution in [0.1, 0.15) is 53.9 Å². The second kappa shape index (κ2) is 10.6. The molecule has 0 radical (unpaired) electrons. The molecule has 0 atom stereocenters. The molecule has 0 aromatic rings. The Hall–Kier alpha value is -1.14. The van der Waals surface area contributed by atoms with Gasteiger partial charge in [0.15, 0.2) is 0 Å². The first kappa shape index (κ1) is 21.9. The van der Waals surface area contributed by atoms with Crippen LogP contribution in [0.15, 0.2) is 0 Å². The molecule has 136 valence electrons. The monoisotopic (exact) mass is 330 g/mol. The van der Waals surface area contributed by atoms with E-state index < -0.39 is 5.60 Å². The molecule has 0 saturated heterocycles. The Morgan fingerprint density at radius 2 is 1.61 bits per heavy atom. The van der Waals surface area contributed by atoms with Gasteiger partial charge in [-0.3, -0.25) is 9.59 Å². The lowest BCUT2D eigenvalue weighted by molar-refractivity contribution is -0.128. The zero-order chi connectivity index (χ0) is 17.9. The predicted octanol–water partition coefficient (Wildman–Crippen LogP) is 1.88. The number of carbonyl (C=O) groups is 2. The molecule has 2 amide bonds. The molecule has 0 heterocycles. The SMILES string of the molecule is CNC(=O)CCOCCNC(=O)CC(C)(C)OCCC(C)(C)C. The predicted molar refractivity (Wildman–Crippen MR) is 91.2 cm³/mol. The van der Waals surface area contributed by atoms with Crippen LogP contribution in [0.5, 0.6) is 0 Å². The quantitative estimate of drug-likeness (QED) is 0.567. The minimum absolute atomic E-state index is 0.0526. The Kier molecular flexibility index (Phi) is 10.1. The van der Waals surface area contributed by atoms with Crippen LogP contribution in [-0.4, -0.2) is 50.8 Å². The summed E-state index contributed by atoms with van der Waals surface area (Å²) in [6, 6.07) is 0. The topological polar surface area (TPSA) is 76.7 Å². The Morgan fingerprint density at radius 1 is 0.957 bits per heavy atom. The maximum atomic E-state index is 11.9. The number of hydrogen-bond donors (Lipinski definition) is 2. The molecule has 0 aromatic heterocycles. The zero-order valence-corrected chi connectivity index (χ0v) is 15.6. The van der Waals surface area contributed by atoms with Crippen molar-refractivity contribution < 1.29 is 19.1 Å². The Bertz CT molecular complexity index is 362. The molecule has 0 aliphatic heterocycles. The summed E-state index contributed by atoms with van der Waals surface area (Å²) in [4.78, 5) is 22.9. The van der Waals surface area contributed by atoms with Gasteiger partial charge in [0.2, 0.25) is 11.8 Å². The van der Waals surface area contributed by atoms with Crippen LogP contribution < -0.4 is 10.6 Å². The van der Waals surface area contributed by atoms with E-state index in [9.17, 15) is 9.59 Å². The van der Waals surface area contributed by atoms with Crippen LogP contribution >= 0.6 is 0 Å². The number of hydrogen-bond acceptors (Lipinski definition) is 4. The molecule has 0 aliphatic rings. The molecule has 0 saturated carbocycles. The lowest BCUT2D eigenvalue weighted by atomic mass is 9.93. The van der Waals surface area contributed by atoms with Gasteiger partial charge in [-0.2, -0.15) is 0 Å². The van der Waals surface area contributed by atoms with E-state index in [1.54, 1.807) is 7.05 Å². The van der Waals surface area contributed by atoms with Gasteiger partial charge in [-0.25, -0.2) is 0 Å². The molecule has 0 spiro atoms. The third-order valence-corrected chi connectivity index (χ3v) is 3.25. The van der Waals surface area contributed by atoms with Crippen molar-refractivity contribution in [2.24, 2.45) is 5.41 Å². The molecule has 6 heteroatoms. The van der Waals surface area contributed by atoms with Gasteiger partial charge in [0.1, 0.15) is 0 Å². The van der Waals surface area contributed by atoms with Crippen molar-refractivity contribution in [3.05, 3.63) is 0 Å². The van der Waals surface area contributed by atoms with Crippen LogP contribution in [0.4, 0.5) is 0 Å². The van der Waals surface area contributed by atoms with E-state index in [4.69, 9.17) is 9.47 Å². The van der Waals surface area contributed by atoms with Gasteiger partial charge in [0, 0.05) is 26.6 Å². The van der Waals surface area contributed by atoms with Gasteiger partial charge >= 0.3 is 0 Å². The molecule has 23 heavy (non-hydrogen) atoms. The summed E-state index contributed by atoms with van der Waals surface area (Å²) in [5.74, 6) is -0.108. The second-order valence-corrected chi connectivity index (χ2v) is 7.48. The van der Waals surface area contributed by atoms with Crippen molar-refractivity contribution in [2.45, 2.75) is 59.5 Å². The molecule has 0 bridgehead atoms. The molecule has 2 N–H and O–H groups in total. The van der Waals surface area contributed by atoms with Crippen molar-refractivity contribution in [1.82, 2.24) is 10.6 Å². The molecular weight excluding hydrogens is 296 g/mol. The first-order chi connectivity index (χ1) is 10.6. The number of carbonyl (C=O) groups excluding carboxylic acids is 2. The first-order valence-electron chi connectivity index (χ1n) is 8.25. The highest BCUT2D eigenvalue weighted by Gasteiger charge is 2.23. The largest absolute Gasteiger partial charge is 0.379 e. The fourth-order valence-electron chi connectivity index (χ4n) is 1.79. The lowest BCUT2D eigenvalue weighted by Crippen LogP contribution is -2.36. The van der Waals surface area contributed by atoms with Crippen molar-refractivity contribution in [3.63, 3.8) is 0 Å². The first-order valence-corrected chi connectivity index (χ1v) is 8.25. The summed E-state index contributed by atoms with van der Waals surface area (Å²) in [6.07, 6.45) is 1.60. The molecule has 0 unspecified atom stereocenters. The molecule has 6 nitrogen and oxygen atoms in total. The van der Waals surface area contributed by atoms with E-state index >= 15 is 0 Å². The van der Waals surface area contributed by atoms with Crippen molar-refractivity contribution in [2.75, 3.05) is 33.4 Å². The van der Waals surface area contributed by atoms with E-state index in [-0.39, 0.29) is 17.2 Å². The molecule has 0 rings (SSSR count). The third-order valence-electron chi connectivity index (χ3n) is 3.25. The third kappa shape index (κ3) is 14.2. The Balaban J connectivity index is 3.76. The molecule has 0 aromatic carbocycles. The summed E-state index contributed by atoms with van der Waals surface area (Å²) in [5.41, 5.74) is -0.250. The fourth-order valence-corrected chi connectivity index (χ4v) is 1.79. The average Bonchev–Trinajstić information content (AvgIpc) is 2.39. The summed E-state index contributed by atoms with van der Waals surface area (Å²) in [5, 5.41) is 5.33. The lowest BCUT2D eigenvalue weighted by Gasteiger charge is -2.27. The second-order valence-electron chi connectivity index (χ2n) is 7.48. The number of amides is 2. The van der Waals surface area contributed by atoms with E-state index in [0.717, 1.165) is 6.42 Å². The van der Waals surface area contributed by atoms with Crippen LogP contribution in [0.25, 0.3) is 0 Å². The normalized spacial score (nSPS) is 12.1. The summed E-state index contributed by atoms with van der Waals surface area (Å²) < 4.78 is 11.1. The van der Waals surface area contributed by atoms with Gasteiger partial charge in [-0.05, 0) is 25.7 Å². The van der Waals surface area contributed by atoms with E-state index in [0.29, 0.717) is 39.2 Å². The minimum Gasteiger partial charge on any atom is -0.379 e. The fraction of sp³-hybridized carbons (Fsp3) is 0.882. The number of nitrogens with one attached hydrogen (secondary N) is 2. The van der Waals surface area contributed by atoms with Crippen molar-refractivity contribution >= 4 is 11.8 Å². The van der Waals surface area contributed by atoms with Crippen LogP contribution in [0.3, 0.4) is 0 Å². The van der Waals surface area contributed by atoms with E-state index in [1.807, 2.05) is 13.8 Å². The maximum Gasteiger partial charge on any atom is 0.222 e. The summed E-state index contributed by atoms with van der Waals surface area (Å²) in [6.45, 7) is 12.2. The molecule has 0 fully saturated rings. The number of ether oxygens (including phenoxy) is 2. The minimum atomic E-state index is -0.477. The Labute approximate surface area is 140 Å². The summed E-state index contributed by atoms with van der Waals surface area (Å²) in [7, 11) is 1.59. The van der Waals surface area contributed by atoms with E-state index in [1.165, 1.54) is 0 Å². The van der Waals surface area contributed by atoms with Crippen molar-refractivity contribution in [1.29, 1.82) is 0 Å². The smallest absolute Gasteiger partial charge is 0.222 e. The highest BCUT2D eigenvalue weighted by atomic mass is 16.5. The van der Waals surface area contributed by atoms with E-state index in [2.05, 4.69) is 31.4 Å². The van der Waals surface area contributed by atoms with Crippen LogP contribution in [0.2, 0.25) is 0 Å². The highest BCUT2D eigenvalue weighted by molar-refractivity contribution is 5.77. The maximum absolute atomic E-state index is 11.9. The van der Waals surface area contributed by atoms with Gasteiger partial charge in [0.25, 0.3) is 0 Å². The molecule has 0 aliphatic carbocycles. The van der Waals surface area contributed by atoms with Gasteiger partial charge in [-0.15, -0.1) is 0 Å². The summed E-state index contributed by atoms with van der Waals surface area (Å²) >= 11 is 0. The average molecular weight is 330 g/mol. The highest BCUT2D eigenvalue weighted by Crippen LogP contribution is 2.21. The zero-order valence-electron chi connectivity index (χ0n) is 15.6. The number of rotatable bonds is 11. The van der Waals surface area contributed by atoms with Crippen LogP contribution in [-0.2, 0) is 19.1 Å². The van der Waals surface area contributed by atoms with Gasteiger partial charge < -0.3 is 20.1 Å². The van der Waals surface area contributed by atoms with Crippen molar-refractivity contribution in [3.8, 4) is 0 Å². The molecular formula is C17H34N2O4.